The van der Waals surface area contributed by atoms with Crippen LogP contribution >= 0.6 is 0 Å². The molecular formula is C26H24N2O5. The highest BCUT2D eigenvalue weighted by Gasteiger charge is 2.22. The van der Waals surface area contributed by atoms with Crippen LogP contribution in [0.5, 0.6) is 11.5 Å². The average molecular weight is 444 g/mol. The van der Waals surface area contributed by atoms with E-state index in [9.17, 15) is 9.59 Å². The topological polar surface area (TPSA) is 89.8 Å². The van der Waals surface area contributed by atoms with Gasteiger partial charge >= 0.3 is 0 Å². The van der Waals surface area contributed by atoms with Crippen LogP contribution in [0, 0.1) is 0 Å². The Morgan fingerprint density at radius 1 is 0.939 bits per heavy atom. The molecule has 2 N–H and O–H groups in total. The minimum absolute atomic E-state index is 0.102. The molecule has 7 heteroatoms. The number of hydrogen-bond donors (Lipinski definition) is 2. The summed E-state index contributed by atoms with van der Waals surface area (Å²) in [6.07, 6.45) is 0. The summed E-state index contributed by atoms with van der Waals surface area (Å²) in [5.41, 5.74) is 2.64. The first-order valence-electron chi connectivity index (χ1n) is 10.6. The third-order valence-corrected chi connectivity index (χ3v) is 5.00. The van der Waals surface area contributed by atoms with E-state index in [1.165, 1.54) is 0 Å². The molecule has 1 aromatic heterocycles. The van der Waals surface area contributed by atoms with E-state index < -0.39 is 5.91 Å². The van der Waals surface area contributed by atoms with Gasteiger partial charge in [0.1, 0.15) is 17.1 Å². The van der Waals surface area contributed by atoms with Crippen LogP contribution in [0.25, 0.3) is 22.1 Å². The van der Waals surface area contributed by atoms with E-state index >= 15 is 0 Å². The van der Waals surface area contributed by atoms with Gasteiger partial charge in [-0.05, 0) is 36.8 Å². The van der Waals surface area contributed by atoms with E-state index in [0.717, 1.165) is 10.9 Å². The Balaban J connectivity index is 1.63. The molecule has 0 fully saturated rings. The van der Waals surface area contributed by atoms with Gasteiger partial charge in [-0.2, -0.15) is 0 Å². The summed E-state index contributed by atoms with van der Waals surface area (Å²) in [5.74, 6) is 0.691. The third kappa shape index (κ3) is 4.98. The fraction of sp³-hybridized carbons (Fsp3) is 0.154. The molecule has 4 aromatic rings. The van der Waals surface area contributed by atoms with Crippen molar-refractivity contribution in [1.29, 1.82) is 0 Å². The zero-order valence-electron chi connectivity index (χ0n) is 18.4. The molecule has 0 aliphatic carbocycles. The van der Waals surface area contributed by atoms with Crippen LogP contribution in [0.4, 0.5) is 5.69 Å². The van der Waals surface area contributed by atoms with E-state index in [2.05, 4.69) is 10.6 Å². The quantitative estimate of drug-likeness (QED) is 0.404. The number of fused-ring (bicyclic) bond motifs is 1. The zero-order chi connectivity index (χ0) is 23.2. The van der Waals surface area contributed by atoms with E-state index in [4.69, 9.17) is 13.9 Å². The number of likely N-dealkylation sites (N-methyl/N-ethyl adjacent to an activating group) is 1. The van der Waals surface area contributed by atoms with Crippen LogP contribution in [-0.4, -0.2) is 32.1 Å². The van der Waals surface area contributed by atoms with Crippen molar-refractivity contribution in [1.82, 2.24) is 5.32 Å². The number of benzene rings is 3. The number of hydrogen-bond acceptors (Lipinski definition) is 5. The highest BCUT2D eigenvalue weighted by Crippen LogP contribution is 2.37. The standard InChI is InChI=1S/C26H24N2O5/c1-3-27-23(29)16-32-20-11-7-10-18(14-20)28-26(30)25-24(17-8-5-4-6-9-17)21-13-12-19(31-2)15-22(21)33-25/h4-15H,3,16H2,1-2H3,(H,27,29)(H,28,30). The molecule has 4 rings (SSSR count). The number of rotatable bonds is 8. The maximum atomic E-state index is 13.3. The van der Waals surface area contributed by atoms with Crippen LogP contribution in [0.1, 0.15) is 17.5 Å². The third-order valence-electron chi connectivity index (χ3n) is 5.00. The molecule has 33 heavy (non-hydrogen) atoms. The van der Waals surface area contributed by atoms with Crippen molar-refractivity contribution in [2.45, 2.75) is 6.92 Å². The Morgan fingerprint density at radius 3 is 2.52 bits per heavy atom. The number of methoxy groups -OCH3 is 1. The van der Waals surface area contributed by atoms with Crippen molar-refractivity contribution in [3.8, 4) is 22.6 Å². The summed E-state index contributed by atoms with van der Waals surface area (Å²) in [6.45, 7) is 2.27. The highest BCUT2D eigenvalue weighted by molar-refractivity contribution is 6.12. The summed E-state index contributed by atoms with van der Waals surface area (Å²) in [6, 6.07) is 21.9. The minimum atomic E-state index is -0.398. The highest BCUT2D eigenvalue weighted by atomic mass is 16.5. The molecule has 0 unspecified atom stereocenters. The molecule has 7 nitrogen and oxygen atoms in total. The van der Waals surface area contributed by atoms with Crippen molar-refractivity contribution < 1.29 is 23.5 Å². The van der Waals surface area contributed by atoms with E-state index in [0.29, 0.717) is 34.9 Å². The van der Waals surface area contributed by atoms with E-state index in [-0.39, 0.29) is 18.3 Å². The fourth-order valence-electron chi connectivity index (χ4n) is 3.50. The van der Waals surface area contributed by atoms with Crippen molar-refractivity contribution in [2.75, 3.05) is 25.6 Å². The Hall–Kier alpha value is -4.26. The smallest absolute Gasteiger partial charge is 0.292 e. The Bertz CT molecular complexity index is 1280. The molecule has 0 bridgehead atoms. The lowest BCUT2D eigenvalue weighted by Crippen LogP contribution is -2.28. The van der Waals surface area contributed by atoms with Gasteiger partial charge in [-0.15, -0.1) is 0 Å². The maximum absolute atomic E-state index is 13.3. The molecule has 0 saturated heterocycles. The molecule has 3 aromatic carbocycles. The molecule has 0 spiro atoms. The van der Waals surface area contributed by atoms with Crippen LogP contribution in [0.3, 0.4) is 0 Å². The largest absolute Gasteiger partial charge is 0.497 e. The monoisotopic (exact) mass is 444 g/mol. The van der Waals surface area contributed by atoms with E-state index in [1.807, 2.05) is 49.4 Å². The lowest BCUT2D eigenvalue weighted by atomic mass is 10.0. The van der Waals surface area contributed by atoms with Gasteiger partial charge in [0.15, 0.2) is 6.61 Å². The minimum Gasteiger partial charge on any atom is -0.497 e. The van der Waals surface area contributed by atoms with Crippen LogP contribution in [-0.2, 0) is 4.79 Å². The van der Waals surface area contributed by atoms with Gasteiger partial charge in [-0.25, -0.2) is 0 Å². The number of furan rings is 1. The van der Waals surface area contributed by atoms with Gasteiger partial charge in [-0.3, -0.25) is 9.59 Å². The molecule has 0 aliphatic heterocycles. The Kier molecular flexibility index (Phi) is 6.59. The van der Waals surface area contributed by atoms with Crippen LogP contribution in [0.15, 0.2) is 77.2 Å². The normalized spacial score (nSPS) is 10.6. The zero-order valence-corrected chi connectivity index (χ0v) is 18.4. The number of carbonyl (C=O) groups is 2. The van der Waals surface area contributed by atoms with Crippen molar-refractivity contribution in [3.05, 3.63) is 78.6 Å². The lowest BCUT2D eigenvalue weighted by molar-refractivity contribution is -0.122. The fourth-order valence-corrected chi connectivity index (χ4v) is 3.50. The van der Waals surface area contributed by atoms with Crippen molar-refractivity contribution in [2.24, 2.45) is 0 Å². The second-order valence-electron chi connectivity index (χ2n) is 7.26. The van der Waals surface area contributed by atoms with Gasteiger partial charge < -0.3 is 24.5 Å². The van der Waals surface area contributed by atoms with Crippen molar-refractivity contribution >= 4 is 28.5 Å². The Morgan fingerprint density at radius 2 is 1.76 bits per heavy atom. The van der Waals surface area contributed by atoms with Crippen LogP contribution < -0.4 is 20.1 Å². The number of amides is 2. The number of ether oxygens (including phenoxy) is 2. The first kappa shape index (κ1) is 22.0. The predicted molar refractivity (Wildman–Crippen MR) is 127 cm³/mol. The van der Waals surface area contributed by atoms with Gasteiger partial charge in [-0.1, -0.05) is 36.4 Å². The van der Waals surface area contributed by atoms with Gasteiger partial charge in [0.2, 0.25) is 5.76 Å². The lowest BCUT2D eigenvalue weighted by Gasteiger charge is -2.09. The Labute approximate surface area is 191 Å². The molecular weight excluding hydrogens is 420 g/mol. The second-order valence-corrected chi connectivity index (χ2v) is 7.26. The SMILES string of the molecule is CCNC(=O)COc1cccc(NC(=O)c2oc3cc(OC)ccc3c2-c2ccccc2)c1. The molecule has 0 aliphatic rings. The summed E-state index contributed by atoms with van der Waals surface area (Å²) >= 11 is 0. The number of nitrogens with one attached hydrogen (secondary N) is 2. The number of carbonyl (C=O) groups excluding carboxylic acids is 2. The molecule has 0 saturated carbocycles. The second kappa shape index (κ2) is 9.91. The first-order valence-corrected chi connectivity index (χ1v) is 10.6. The molecule has 168 valence electrons. The average Bonchev–Trinajstić information content (AvgIpc) is 3.22. The maximum Gasteiger partial charge on any atom is 0.292 e. The predicted octanol–water partition coefficient (Wildman–Crippen LogP) is 4.88. The summed E-state index contributed by atoms with van der Waals surface area (Å²) in [5, 5.41) is 6.35. The molecule has 0 atom stereocenters. The van der Waals surface area contributed by atoms with Gasteiger partial charge in [0.25, 0.3) is 11.8 Å². The summed E-state index contributed by atoms with van der Waals surface area (Å²) in [7, 11) is 1.58. The molecule has 1 heterocycles. The molecule has 0 radical (unpaired) electrons. The summed E-state index contributed by atoms with van der Waals surface area (Å²) < 4.78 is 16.8. The molecule has 2 amide bonds. The van der Waals surface area contributed by atoms with Crippen LogP contribution in [0.2, 0.25) is 0 Å². The van der Waals surface area contributed by atoms with Gasteiger partial charge in [0, 0.05) is 35.3 Å². The van der Waals surface area contributed by atoms with Crippen molar-refractivity contribution in [3.63, 3.8) is 0 Å². The number of anilines is 1. The first-order chi connectivity index (χ1) is 16.1. The summed E-state index contributed by atoms with van der Waals surface area (Å²) in [4.78, 5) is 24.9. The van der Waals surface area contributed by atoms with Gasteiger partial charge in [0.05, 0.1) is 7.11 Å². The van der Waals surface area contributed by atoms with E-state index in [1.54, 1.807) is 37.4 Å².